The van der Waals surface area contributed by atoms with E-state index in [2.05, 4.69) is 20.3 Å². The van der Waals surface area contributed by atoms with E-state index in [1.165, 1.54) is 23.7 Å². The Morgan fingerprint density at radius 2 is 1.86 bits per heavy atom. The number of benzene rings is 2. The van der Waals surface area contributed by atoms with E-state index in [4.69, 9.17) is 10.5 Å². The van der Waals surface area contributed by atoms with Crippen molar-refractivity contribution in [3.8, 4) is 28.3 Å². The molecule has 0 fully saturated rings. The third-order valence-electron chi connectivity index (χ3n) is 6.06. The number of nitrogens with two attached hydrogens (primary N) is 1. The first-order valence-corrected chi connectivity index (χ1v) is 12.5. The molecule has 0 atom stereocenters. The van der Waals surface area contributed by atoms with Gasteiger partial charge in [0, 0.05) is 46.7 Å². The summed E-state index contributed by atoms with van der Waals surface area (Å²) >= 11 is 1.42. The zero-order chi connectivity index (χ0) is 25.9. The molecule has 5 aromatic rings. The van der Waals surface area contributed by atoms with Gasteiger partial charge in [-0.15, -0.1) is 11.3 Å². The molecule has 0 unspecified atom stereocenters. The number of primary amides is 1. The number of anilines is 1. The second kappa shape index (κ2) is 10.4. The summed E-state index contributed by atoms with van der Waals surface area (Å²) in [7, 11) is 1.59. The summed E-state index contributed by atoms with van der Waals surface area (Å²) in [5.74, 6) is 0.655. The number of carbonyl (C=O) groups excluding carboxylic acids is 1. The highest BCUT2D eigenvalue weighted by atomic mass is 32.1. The number of rotatable bonds is 9. The fourth-order valence-electron chi connectivity index (χ4n) is 4.30. The summed E-state index contributed by atoms with van der Waals surface area (Å²) in [6.07, 6.45) is 1.66. The normalized spacial score (nSPS) is 11.1. The number of fused-ring (bicyclic) bond motifs is 1. The van der Waals surface area contributed by atoms with Crippen LogP contribution < -0.4 is 15.8 Å². The molecular formula is C27H25FN6O2S. The summed E-state index contributed by atoms with van der Waals surface area (Å²) in [6, 6.07) is 14.8. The molecule has 3 aromatic heterocycles. The molecule has 10 heteroatoms. The van der Waals surface area contributed by atoms with E-state index in [1.54, 1.807) is 13.2 Å². The van der Waals surface area contributed by atoms with E-state index < -0.39 is 5.91 Å². The standard InChI is InChI=1S/C27H25FN6O2S/c1-16-11-19-23(36-2)8-7-20(28)27(19)34(16)10-9-30-25-12-21(31-15-32-25)17-3-5-18(6-4-17)22-14-37-26(33-22)13-24(29)35/h3-8,11-12,14-15H,9-10,13H2,1-2H3,(H2,29,35)(H,30,31,32). The zero-order valence-electron chi connectivity index (χ0n) is 20.4. The van der Waals surface area contributed by atoms with Crippen molar-refractivity contribution in [2.24, 2.45) is 5.73 Å². The van der Waals surface area contributed by atoms with Crippen LogP contribution in [0.15, 0.2) is 60.2 Å². The third-order valence-corrected chi connectivity index (χ3v) is 6.91. The smallest absolute Gasteiger partial charge is 0.224 e. The molecule has 3 heterocycles. The molecule has 0 saturated carbocycles. The zero-order valence-corrected chi connectivity index (χ0v) is 21.2. The van der Waals surface area contributed by atoms with E-state index in [-0.39, 0.29) is 12.2 Å². The predicted octanol–water partition coefficient (Wildman–Crippen LogP) is 4.82. The predicted molar refractivity (Wildman–Crippen MR) is 143 cm³/mol. The molecule has 0 aliphatic rings. The first-order valence-electron chi connectivity index (χ1n) is 11.6. The van der Waals surface area contributed by atoms with Crippen molar-refractivity contribution in [3.63, 3.8) is 0 Å². The summed E-state index contributed by atoms with van der Waals surface area (Å²) in [4.78, 5) is 24.3. The number of nitrogens with one attached hydrogen (secondary N) is 1. The van der Waals surface area contributed by atoms with Crippen LogP contribution in [0, 0.1) is 12.7 Å². The minimum atomic E-state index is -0.395. The Hall–Kier alpha value is -4.31. The van der Waals surface area contributed by atoms with Crippen molar-refractivity contribution >= 4 is 34.0 Å². The Morgan fingerprint density at radius 3 is 2.59 bits per heavy atom. The first kappa shape index (κ1) is 24.4. The van der Waals surface area contributed by atoms with Gasteiger partial charge in [0.15, 0.2) is 0 Å². The molecule has 188 valence electrons. The van der Waals surface area contributed by atoms with Crippen molar-refractivity contribution in [1.29, 1.82) is 0 Å². The number of carbonyl (C=O) groups is 1. The Morgan fingerprint density at radius 1 is 1.11 bits per heavy atom. The number of hydrogen-bond donors (Lipinski definition) is 2. The van der Waals surface area contributed by atoms with Crippen LogP contribution in [0.25, 0.3) is 33.4 Å². The Bertz CT molecular complexity index is 1580. The van der Waals surface area contributed by atoms with Crippen molar-refractivity contribution in [2.45, 2.75) is 19.9 Å². The molecule has 0 aliphatic carbocycles. The lowest BCUT2D eigenvalue weighted by molar-refractivity contribution is -0.117. The van der Waals surface area contributed by atoms with E-state index in [9.17, 15) is 9.18 Å². The highest BCUT2D eigenvalue weighted by Crippen LogP contribution is 2.31. The molecule has 37 heavy (non-hydrogen) atoms. The summed E-state index contributed by atoms with van der Waals surface area (Å²) in [5, 5.41) is 6.69. The molecule has 2 aromatic carbocycles. The third kappa shape index (κ3) is 5.14. The SMILES string of the molecule is COc1ccc(F)c2c1cc(C)n2CCNc1cc(-c2ccc(-c3csc(CC(N)=O)n3)cc2)ncn1. The van der Waals surface area contributed by atoms with Crippen LogP contribution in [0.4, 0.5) is 10.2 Å². The highest BCUT2D eigenvalue weighted by molar-refractivity contribution is 7.10. The van der Waals surface area contributed by atoms with Crippen LogP contribution in [-0.4, -0.2) is 39.1 Å². The molecule has 0 spiro atoms. The topological polar surface area (TPSA) is 108 Å². The van der Waals surface area contributed by atoms with Gasteiger partial charge in [0.2, 0.25) is 5.91 Å². The molecule has 0 saturated heterocycles. The maximum atomic E-state index is 14.6. The number of aryl methyl sites for hydroxylation is 1. The molecule has 5 rings (SSSR count). The van der Waals surface area contributed by atoms with Crippen LogP contribution >= 0.6 is 11.3 Å². The molecular weight excluding hydrogens is 491 g/mol. The van der Waals surface area contributed by atoms with E-state index >= 15 is 0 Å². The largest absolute Gasteiger partial charge is 0.496 e. The lowest BCUT2D eigenvalue weighted by Gasteiger charge is -2.12. The maximum Gasteiger partial charge on any atom is 0.224 e. The van der Waals surface area contributed by atoms with Gasteiger partial charge in [0.25, 0.3) is 0 Å². The molecule has 0 bridgehead atoms. The van der Waals surface area contributed by atoms with E-state index in [0.29, 0.717) is 35.2 Å². The van der Waals surface area contributed by atoms with Crippen molar-refractivity contribution in [2.75, 3.05) is 19.0 Å². The Kier molecular flexibility index (Phi) is 6.82. The van der Waals surface area contributed by atoms with E-state index in [0.717, 1.165) is 33.6 Å². The van der Waals surface area contributed by atoms with Crippen molar-refractivity contribution < 1.29 is 13.9 Å². The monoisotopic (exact) mass is 516 g/mol. The van der Waals surface area contributed by atoms with Crippen LogP contribution in [0.1, 0.15) is 10.7 Å². The lowest BCUT2D eigenvalue weighted by atomic mass is 10.1. The van der Waals surface area contributed by atoms with E-state index in [1.807, 2.05) is 53.3 Å². The maximum absolute atomic E-state index is 14.6. The number of thiazole rings is 1. The van der Waals surface area contributed by atoms with Gasteiger partial charge in [0.1, 0.15) is 28.7 Å². The molecule has 8 nitrogen and oxygen atoms in total. The number of amides is 1. The van der Waals surface area contributed by atoms with Crippen LogP contribution in [-0.2, 0) is 17.8 Å². The lowest BCUT2D eigenvalue weighted by Crippen LogP contribution is -2.13. The minimum absolute atomic E-state index is 0.142. The second-order valence-electron chi connectivity index (χ2n) is 8.51. The van der Waals surface area contributed by atoms with Crippen LogP contribution in [0.3, 0.4) is 0 Å². The van der Waals surface area contributed by atoms with Gasteiger partial charge < -0.3 is 20.4 Å². The highest BCUT2D eigenvalue weighted by Gasteiger charge is 2.14. The summed E-state index contributed by atoms with van der Waals surface area (Å²) in [5.41, 5.74) is 10.2. The van der Waals surface area contributed by atoms with Gasteiger partial charge in [-0.05, 0) is 25.1 Å². The molecule has 3 N–H and O–H groups in total. The van der Waals surface area contributed by atoms with Crippen LogP contribution in [0.5, 0.6) is 5.75 Å². The molecule has 0 aliphatic heterocycles. The molecule has 0 radical (unpaired) electrons. The molecule has 1 amide bonds. The number of nitrogens with zero attached hydrogens (tertiary/aromatic N) is 4. The summed E-state index contributed by atoms with van der Waals surface area (Å²) in [6.45, 7) is 3.06. The number of hydrogen-bond acceptors (Lipinski definition) is 7. The fraction of sp³-hybridized carbons (Fsp3) is 0.185. The number of ether oxygens (including phenoxy) is 1. The van der Waals surface area contributed by atoms with Gasteiger partial charge in [-0.2, -0.15) is 0 Å². The quantitative estimate of drug-likeness (QED) is 0.291. The number of methoxy groups -OCH3 is 1. The number of halogens is 1. The van der Waals surface area contributed by atoms with Gasteiger partial charge in [-0.1, -0.05) is 24.3 Å². The summed E-state index contributed by atoms with van der Waals surface area (Å²) < 4.78 is 21.9. The first-order chi connectivity index (χ1) is 17.9. The number of aromatic nitrogens is 4. The van der Waals surface area contributed by atoms with Gasteiger partial charge in [-0.25, -0.2) is 19.3 Å². The van der Waals surface area contributed by atoms with Gasteiger partial charge in [-0.3, -0.25) is 4.79 Å². The van der Waals surface area contributed by atoms with Crippen molar-refractivity contribution in [3.05, 3.63) is 76.8 Å². The Labute approximate surface area is 217 Å². The second-order valence-corrected chi connectivity index (χ2v) is 9.45. The Balaban J connectivity index is 1.28. The fourth-order valence-corrected chi connectivity index (χ4v) is 5.11. The average Bonchev–Trinajstić information content (AvgIpc) is 3.49. The van der Waals surface area contributed by atoms with Crippen LogP contribution in [0.2, 0.25) is 0 Å². The average molecular weight is 517 g/mol. The van der Waals surface area contributed by atoms with Gasteiger partial charge in [0.05, 0.1) is 30.4 Å². The van der Waals surface area contributed by atoms with Gasteiger partial charge >= 0.3 is 0 Å². The minimum Gasteiger partial charge on any atom is -0.496 e. The van der Waals surface area contributed by atoms with Crippen molar-refractivity contribution in [1.82, 2.24) is 19.5 Å².